The lowest BCUT2D eigenvalue weighted by molar-refractivity contribution is 0.354. The van der Waals surface area contributed by atoms with Gasteiger partial charge < -0.3 is 19.8 Å². The monoisotopic (exact) mass is 274 g/mol. The first-order chi connectivity index (χ1) is 9.74. The van der Waals surface area contributed by atoms with Crippen molar-refractivity contribution in [1.29, 1.82) is 0 Å². The molecule has 2 rings (SSSR count). The Labute approximate surface area is 120 Å². The highest BCUT2D eigenvalue weighted by Crippen LogP contribution is 2.27. The molecule has 4 nitrogen and oxygen atoms in total. The van der Waals surface area contributed by atoms with Gasteiger partial charge in [-0.15, -0.1) is 0 Å². The van der Waals surface area contributed by atoms with Gasteiger partial charge in [0.1, 0.15) is 0 Å². The number of H-pyrrole nitrogens is 1. The van der Waals surface area contributed by atoms with Gasteiger partial charge in [0.05, 0.1) is 14.2 Å². The van der Waals surface area contributed by atoms with E-state index < -0.39 is 0 Å². The minimum absolute atomic E-state index is 0.324. The Morgan fingerprint density at radius 2 is 1.95 bits per heavy atom. The largest absolute Gasteiger partial charge is 0.493 e. The second-order valence-corrected chi connectivity index (χ2v) is 4.74. The van der Waals surface area contributed by atoms with E-state index in [1.807, 2.05) is 24.4 Å². The Kier molecular flexibility index (Phi) is 5.07. The third kappa shape index (κ3) is 3.54. The Bertz CT molecular complexity index is 523. The second kappa shape index (κ2) is 7.01. The summed E-state index contributed by atoms with van der Waals surface area (Å²) >= 11 is 0. The van der Waals surface area contributed by atoms with Gasteiger partial charge in [0, 0.05) is 17.9 Å². The average Bonchev–Trinajstić information content (AvgIpc) is 3.01. The first-order valence-corrected chi connectivity index (χ1v) is 6.82. The molecule has 2 N–H and O–H groups in total. The van der Waals surface area contributed by atoms with Crippen molar-refractivity contribution in [3.8, 4) is 11.5 Å². The molecule has 0 amide bonds. The van der Waals surface area contributed by atoms with Crippen molar-refractivity contribution in [3.63, 3.8) is 0 Å². The summed E-state index contributed by atoms with van der Waals surface area (Å²) in [6.45, 7) is 3.07. The van der Waals surface area contributed by atoms with Crippen LogP contribution in [0.5, 0.6) is 11.5 Å². The van der Waals surface area contributed by atoms with Crippen molar-refractivity contribution >= 4 is 0 Å². The van der Waals surface area contributed by atoms with Gasteiger partial charge in [0.2, 0.25) is 0 Å². The highest BCUT2D eigenvalue weighted by molar-refractivity contribution is 5.42. The van der Waals surface area contributed by atoms with E-state index in [4.69, 9.17) is 9.47 Å². The summed E-state index contributed by atoms with van der Waals surface area (Å²) in [6.07, 6.45) is 2.90. The number of ether oxygens (including phenoxy) is 2. The number of nitrogens with one attached hydrogen (secondary N) is 2. The van der Waals surface area contributed by atoms with Crippen molar-refractivity contribution < 1.29 is 9.47 Å². The quantitative estimate of drug-likeness (QED) is 0.816. The van der Waals surface area contributed by atoms with Crippen LogP contribution in [-0.4, -0.2) is 25.7 Å². The van der Waals surface area contributed by atoms with E-state index >= 15 is 0 Å². The molecule has 1 aromatic carbocycles. The predicted octanol–water partition coefficient (Wildman–Crippen LogP) is 2.93. The lowest BCUT2D eigenvalue weighted by atomic mass is 10.1. The molecule has 1 aromatic heterocycles. The summed E-state index contributed by atoms with van der Waals surface area (Å²) in [6, 6.07) is 10.5. The molecule has 0 aliphatic rings. The van der Waals surface area contributed by atoms with Crippen LogP contribution in [0.3, 0.4) is 0 Å². The second-order valence-electron chi connectivity index (χ2n) is 4.74. The molecule has 2 aromatic rings. The fourth-order valence-corrected chi connectivity index (χ4v) is 2.19. The smallest absolute Gasteiger partial charge is 0.160 e. The molecule has 1 atom stereocenters. The van der Waals surface area contributed by atoms with Gasteiger partial charge in [-0.25, -0.2) is 0 Å². The summed E-state index contributed by atoms with van der Waals surface area (Å²) in [5.41, 5.74) is 2.44. The lowest BCUT2D eigenvalue weighted by Crippen LogP contribution is -2.21. The number of aromatic amines is 1. The van der Waals surface area contributed by atoms with Crippen LogP contribution in [-0.2, 0) is 6.42 Å². The molecule has 1 heterocycles. The van der Waals surface area contributed by atoms with Gasteiger partial charge in [-0.2, -0.15) is 0 Å². The maximum atomic E-state index is 5.31. The number of benzene rings is 1. The highest BCUT2D eigenvalue weighted by Gasteiger charge is 2.06. The van der Waals surface area contributed by atoms with Crippen molar-refractivity contribution in [2.75, 3.05) is 20.8 Å². The molecule has 1 unspecified atom stereocenters. The van der Waals surface area contributed by atoms with E-state index in [1.54, 1.807) is 14.2 Å². The minimum Gasteiger partial charge on any atom is -0.493 e. The molecule has 0 fully saturated rings. The van der Waals surface area contributed by atoms with Gasteiger partial charge in [0.25, 0.3) is 0 Å². The van der Waals surface area contributed by atoms with Crippen LogP contribution < -0.4 is 14.8 Å². The van der Waals surface area contributed by atoms with E-state index in [2.05, 4.69) is 29.4 Å². The standard InChI is InChI=1S/C16H22N2O2/c1-12(14-5-4-9-18-14)17-10-8-13-6-7-15(19-2)16(11-13)20-3/h4-7,9,11-12,17-18H,8,10H2,1-3H3. The zero-order chi connectivity index (χ0) is 14.4. The highest BCUT2D eigenvalue weighted by atomic mass is 16.5. The molecule has 0 radical (unpaired) electrons. The SMILES string of the molecule is COc1ccc(CCNC(C)c2ccc[nH]2)cc1OC. The summed E-state index contributed by atoms with van der Waals surface area (Å²) < 4.78 is 10.6. The first kappa shape index (κ1) is 14.5. The summed E-state index contributed by atoms with van der Waals surface area (Å²) in [5.74, 6) is 1.55. The summed E-state index contributed by atoms with van der Waals surface area (Å²) in [7, 11) is 3.31. The fourth-order valence-electron chi connectivity index (χ4n) is 2.19. The van der Waals surface area contributed by atoms with Crippen LogP contribution in [0.4, 0.5) is 0 Å². The van der Waals surface area contributed by atoms with Crippen LogP contribution >= 0.6 is 0 Å². The third-order valence-electron chi connectivity index (χ3n) is 3.40. The summed E-state index contributed by atoms with van der Waals surface area (Å²) in [4.78, 5) is 3.22. The van der Waals surface area contributed by atoms with Crippen molar-refractivity contribution in [2.45, 2.75) is 19.4 Å². The fraction of sp³-hybridized carbons (Fsp3) is 0.375. The van der Waals surface area contributed by atoms with Crippen LogP contribution in [0.25, 0.3) is 0 Å². The van der Waals surface area contributed by atoms with E-state index in [0.717, 1.165) is 24.5 Å². The van der Waals surface area contributed by atoms with Crippen LogP contribution in [0.2, 0.25) is 0 Å². The van der Waals surface area contributed by atoms with Crippen LogP contribution in [0.15, 0.2) is 36.5 Å². The zero-order valence-electron chi connectivity index (χ0n) is 12.3. The molecule has 0 bridgehead atoms. The predicted molar refractivity (Wildman–Crippen MR) is 80.5 cm³/mol. The third-order valence-corrected chi connectivity index (χ3v) is 3.40. The average molecular weight is 274 g/mol. The van der Waals surface area contributed by atoms with Crippen molar-refractivity contribution in [2.24, 2.45) is 0 Å². The number of rotatable bonds is 7. The molecule has 0 spiro atoms. The Balaban J connectivity index is 1.88. The molecule has 0 saturated carbocycles. The summed E-state index contributed by atoms with van der Waals surface area (Å²) in [5, 5.41) is 3.50. The molecule has 20 heavy (non-hydrogen) atoms. The molecule has 108 valence electrons. The topological polar surface area (TPSA) is 46.3 Å². The van der Waals surface area contributed by atoms with Crippen molar-refractivity contribution in [3.05, 3.63) is 47.8 Å². The number of aromatic nitrogens is 1. The number of hydrogen-bond donors (Lipinski definition) is 2. The van der Waals surface area contributed by atoms with E-state index in [9.17, 15) is 0 Å². The molecular formula is C16H22N2O2. The number of methoxy groups -OCH3 is 2. The van der Waals surface area contributed by atoms with Crippen molar-refractivity contribution in [1.82, 2.24) is 10.3 Å². The molecular weight excluding hydrogens is 252 g/mol. The van der Waals surface area contributed by atoms with E-state index in [0.29, 0.717) is 6.04 Å². The Morgan fingerprint density at radius 1 is 1.15 bits per heavy atom. The lowest BCUT2D eigenvalue weighted by Gasteiger charge is -2.13. The van der Waals surface area contributed by atoms with Gasteiger partial charge in [-0.3, -0.25) is 0 Å². The van der Waals surface area contributed by atoms with Gasteiger partial charge in [-0.1, -0.05) is 6.07 Å². The number of hydrogen-bond acceptors (Lipinski definition) is 3. The Hall–Kier alpha value is -1.94. The minimum atomic E-state index is 0.324. The maximum Gasteiger partial charge on any atom is 0.160 e. The molecule has 4 heteroatoms. The maximum absolute atomic E-state index is 5.31. The molecule has 0 aliphatic heterocycles. The molecule has 0 aliphatic carbocycles. The first-order valence-electron chi connectivity index (χ1n) is 6.82. The zero-order valence-corrected chi connectivity index (χ0v) is 12.3. The van der Waals surface area contributed by atoms with E-state index in [-0.39, 0.29) is 0 Å². The van der Waals surface area contributed by atoms with E-state index in [1.165, 1.54) is 11.3 Å². The van der Waals surface area contributed by atoms with Crippen LogP contribution in [0.1, 0.15) is 24.2 Å². The molecule has 0 saturated heterocycles. The normalized spacial score (nSPS) is 12.2. The van der Waals surface area contributed by atoms with Gasteiger partial charge in [0.15, 0.2) is 11.5 Å². The van der Waals surface area contributed by atoms with Gasteiger partial charge >= 0.3 is 0 Å². The van der Waals surface area contributed by atoms with Gasteiger partial charge in [-0.05, 0) is 49.7 Å². The Morgan fingerprint density at radius 3 is 2.60 bits per heavy atom. The van der Waals surface area contributed by atoms with Crippen LogP contribution in [0, 0.1) is 0 Å².